The van der Waals surface area contributed by atoms with Crippen molar-refractivity contribution in [3.8, 4) is 0 Å². The predicted octanol–water partition coefficient (Wildman–Crippen LogP) is -2.82. The number of nitrogens with one attached hydrogen (secondary N) is 3. The molecule has 4 unspecified atom stereocenters. The van der Waals surface area contributed by atoms with Crippen LogP contribution in [0.4, 0.5) is 0 Å². The van der Waals surface area contributed by atoms with Crippen molar-refractivity contribution >= 4 is 29.6 Å². The van der Waals surface area contributed by atoms with Crippen LogP contribution < -0.4 is 27.4 Å². The summed E-state index contributed by atoms with van der Waals surface area (Å²) in [7, 11) is 0. The van der Waals surface area contributed by atoms with E-state index < -0.39 is 60.4 Å². The molecule has 166 valence electrons. The molecule has 0 aliphatic carbocycles. The smallest absolute Gasteiger partial charge is 0.322 e. The Balaban J connectivity index is 5.13. The van der Waals surface area contributed by atoms with E-state index in [-0.39, 0.29) is 25.2 Å². The average molecular weight is 417 g/mol. The molecule has 0 aliphatic heterocycles. The molecule has 0 rings (SSSR count). The van der Waals surface area contributed by atoms with E-state index in [1.807, 2.05) is 0 Å². The molecule has 0 heterocycles. The number of aliphatic hydroxyl groups excluding tert-OH is 1. The lowest BCUT2D eigenvalue weighted by Crippen LogP contribution is -2.59. The van der Waals surface area contributed by atoms with Gasteiger partial charge in [0.05, 0.1) is 12.1 Å². The first kappa shape index (κ1) is 26.3. The summed E-state index contributed by atoms with van der Waals surface area (Å²) >= 11 is 0. The van der Waals surface area contributed by atoms with Gasteiger partial charge in [0, 0.05) is 6.42 Å². The summed E-state index contributed by atoms with van der Waals surface area (Å²) in [6, 6.07) is -3.60. The zero-order chi connectivity index (χ0) is 22.7. The summed E-state index contributed by atoms with van der Waals surface area (Å²) in [6.07, 6.45) is -1.27. The highest BCUT2D eigenvalue weighted by atomic mass is 16.4. The number of nitrogens with two attached hydrogens (primary N) is 2. The lowest BCUT2D eigenvalue weighted by atomic mass is 10.0. The molecule has 4 atom stereocenters. The number of aliphatic hydroxyl groups is 1. The Morgan fingerprint density at radius 3 is 2.00 bits per heavy atom. The summed E-state index contributed by atoms with van der Waals surface area (Å²) in [4.78, 5) is 58.3. The van der Waals surface area contributed by atoms with Gasteiger partial charge in [0.2, 0.25) is 23.6 Å². The van der Waals surface area contributed by atoms with E-state index in [0.717, 1.165) is 0 Å². The molecule has 29 heavy (non-hydrogen) atoms. The third kappa shape index (κ3) is 11.0. The van der Waals surface area contributed by atoms with Crippen LogP contribution in [-0.4, -0.2) is 70.6 Å². The van der Waals surface area contributed by atoms with Crippen molar-refractivity contribution in [3.63, 3.8) is 0 Å². The molecule has 4 amide bonds. The fourth-order valence-corrected chi connectivity index (χ4v) is 2.34. The fourth-order valence-electron chi connectivity index (χ4n) is 2.34. The summed E-state index contributed by atoms with van der Waals surface area (Å²) in [6.45, 7) is 4.25. The van der Waals surface area contributed by atoms with Crippen LogP contribution in [0.2, 0.25) is 0 Å². The van der Waals surface area contributed by atoms with Crippen molar-refractivity contribution in [2.75, 3.05) is 6.54 Å². The number of hydrogen-bond donors (Lipinski definition) is 7. The van der Waals surface area contributed by atoms with Crippen molar-refractivity contribution in [2.45, 2.75) is 64.3 Å². The van der Waals surface area contributed by atoms with Gasteiger partial charge in [0.1, 0.15) is 18.6 Å². The Bertz CT molecular complexity index is 609. The topological polar surface area (TPSA) is 214 Å². The maximum atomic E-state index is 12.5. The summed E-state index contributed by atoms with van der Waals surface area (Å²) in [5.41, 5.74) is 10.6. The van der Waals surface area contributed by atoms with Crippen LogP contribution in [0.15, 0.2) is 0 Å². The number of hydrogen-bond acceptors (Lipinski definition) is 7. The highest BCUT2D eigenvalue weighted by Crippen LogP contribution is 2.06. The van der Waals surface area contributed by atoms with Gasteiger partial charge in [-0.1, -0.05) is 13.8 Å². The molecule has 0 saturated heterocycles. The lowest BCUT2D eigenvalue weighted by Gasteiger charge is -2.26. The SMILES string of the molecule is CC(C)CC(NC(=O)C(NC(=O)C(N)CCC(N)=O)C(C)O)C(=O)NCC(=O)O. The van der Waals surface area contributed by atoms with E-state index in [1.165, 1.54) is 6.92 Å². The normalized spacial score (nSPS) is 15.0. The van der Waals surface area contributed by atoms with E-state index in [1.54, 1.807) is 13.8 Å². The van der Waals surface area contributed by atoms with Crippen LogP contribution in [0.3, 0.4) is 0 Å². The minimum atomic E-state index is -1.41. The number of rotatable bonds is 13. The molecule has 0 aromatic heterocycles. The quantitative estimate of drug-likeness (QED) is 0.165. The van der Waals surface area contributed by atoms with Crippen molar-refractivity contribution in [3.05, 3.63) is 0 Å². The molecule has 0 bridgehead atoms. The average Bonchev–Trinajstić information content (AvgIpc) is 2.60. The molecule has 0 fully saturated rings. The standard InChI is InChI=1S/C17H31N5O7/c1-8(2)6-11(16(28)20-7-13(25)26)21-17(29)14(9(3)23)22-15(27)10(18)4-5-12(19)24/h8-11,14,23H,4-7,18H2,1-3H3,(H2,19,24)(H,20,28)(H,21,29)(H,22,27)(H,25,26). The van der Waals surface area contributed by atoms with E-state index in [2.05, 4.69) is 16.0 Å². The Morgan fingerprint density at radius 2 is 1.55 bits per heavy atom. The maximum Gasteiger partial charge on any atom is 0.322 e. The molecule has 0 aliphatic rings. The highest BCUT2D eigenvalue weighted by Gasteiger charge is 2.31. The molecule has 0 spiro atoms. The monoisotopic (exact) mass is 417 g/mol. The van der Waals surface area contributed by atoms with Gasteiger partial charge in [-0.15, -0.1) is 0 Å². The second-order valence-electron chi connectivity index (χ2n) is 7.14. The number of carboxylic acids is 1. The van der Waals surface area contributed by atoms with Crippen LogP contribution >= 0.6 is 0 Å². The van der Waals surface area contributed by atoms with Gasteiger partial charge in [-0.3, -0.25) is 24.0 Å². The Morgan fingerprint density at radius 1 is 0.966 bits per heavy atom. The van der Waals surface area contributed by atoms with E-state index >= 15 is 0 Å². The fraction of sp³-hybridized carbons (Fsp3) is 0.706. The number of aliphatic carboxylic acids is 1. The molecule has 9 N–H and O–H groups in total. The number of carboxylic acid groups (broad SMARTS) is 1. The van der Waals surface area contributed by atoms with Gasteiger partial charge in [0.25, 0.3) is 0 Å². The minimum Gasteiger partial charge on any atom is -0.480 e. The number of carbonyl (C=O) groups excluding carboxylic acids is 4. The zero-order valence-corrected chi connectivity index (χ0v) is 16.8. The van der Waals surface area contributed by atoms with E-state index in [4.69, 9.17) is 16.6 Å². The van der Waals surface area contributed by atoms with Gasteiger partial charge in [-0.05, 0) is 25.7 Å². The second-order valence-corrected chi connectivity index (χ2v) is 7.14. The van der Waals surface area contributed by atoms with Crippen molar-refractivity contribution < 1.29 is 34.2 Å². The van der Waals surface area contributed by atoms with Crippen LogP contribution in [0, 0.1) is 5.92 Å². The maximum absolute atomic E-state index is 12.5. The van der Waals surface area contributed by atoms with E-state index in [9.17, 15) is 29.1 Å². The minimum absolute atomic E-state index is 0.0160. The summed E-state index contributed by atoms with van der Waals surface area (Å²) in [5, 5.41) is 25.4. The van der Waals surface area contributed by atoms with Crippen LogP contribution in [0.25, 0.3) is 0 Å². The molecule has 0 aromatic rings. The summed E-state index contributed by atoms with van der Waals surface area (Å²) in [5.74, 6) is -4.22. The van der Waals surface area contributed by atoms with Gasteiger partial charge >= 0.3 is 5.97 Å². The molecule has 0 saturated carbocycles. The van der Waals surface area contributed by atoms with Gasteiger partial charge in [-0.25, -0.2) is 0 Å². The third-order valence-electron chi connectivity index (χ3n) is 3.86. The number of amides is 4. The molecule has 12 nitrogen and oxygen atoms in total. The Labute approximate surface area is 168 Å². The van der Waals surface area contributed by atoms with Gasteiger partial charge < -0.3 is 37.6 Å². The van der Waals surface area contributed by atoms with Crippen LogP contribution in [0.5, 0.6) is 0 Å². The molecule has 0 aromatic carbocycles. The molecular weight excluding hydrogens is 386 g/mol. The largest absolute Gasteiger partial charge is 0.480 e. The lowest BCUT2D eigenvalue weighted by molar-refractivity contribution is -0.139. The predicted molar refractivity (Wildman–Crippen MR) is 102 cm³/mol. The summed E-state index contributed by atoms with van der Waals surface area (Å²) < 4.78 is 0. The van der Waals surface area contributed by atoms with Crippen LogP contribution in [-0.2, 0) is 24.0 Å². The third-order valence-corrected chi connectivity index (χ3v) is 3.86. The Kier molecular flexibility index (Phi) is 11.5. The number of carbonyl (C=O) groups is 5. The van der Waals surface area contributed by atoms with Gasteiger partial charge in [0.15, 0.2) is 0 Å². The van der Waals surface area contributed by atoms with Gasteiger partial charge in [-0.2, -0.15) is 0 Å². The first-order valence-electron chi connectivity index (χ1n) is 9.17. The Hall–Kier alpha value is -2.73. The highest BCUT2D eigenvalue weighted by molar-refractivity contribution is 5.94. The first-order valence-corrected chi connectivity index (χ1v) is 9.17. The van der Waals surface area contributed by atoms with Crippen molar-refractivity contribution in [2.24, 2.45) is 17.4 Å². The van der Waals surface area contributed by atoms with Crippen LogP contribution in [0.1, 0.15) is 40.0 Å². The van der Waals surface area contributed by atoms with E-state index in [0.29, 0.717) is 0 Å². The zero-order valence-electron chi connectivity index (χ0n) is 16.8. The first-order chi connectivity index (χ1) is 13.3. The number of primary amides is 1. The molecule has 12 heteroatoms. The second kappa shape index (κ2) is 12.7. The molecular formula is C17H31N5O7. The van der Waals surface area contributed by atoms with Crippen molar-refractivity contribution in [1.29, 1.82) is 0 Å². The molecule has 0 radical (unpaired) electrons. The van der Waals surface area contributed by atoms with Crippen molar-refractivity contribution in [1.82, 2.24) is 16.0 Å².